The van der Waals surface area contributed by atoms with Gasteiger partial charge in [-0.3, -0.25) is 14.6 Å². The predicted molar refractivity (Wildman–Crippen MR) is 91.5 cm³/mol. The maximum Gasteiger partial charge on any atom is 0.266 e. The summed E-state index contributed by atoms with van der Waals surface area (Å²) in [5.41, 5.74) is 1.06. The van der Waals surface area contributed by atoms with Gasteiger partial charge in [-0.05, 0) is 28.5 Å². The van der Waals surface area contributed by atoms with Crippen LogP contribution in [0.4, 0.5) is 0 Å². The monoisotopic (exact) mass is 340 g/mol. The van der Waals surface area contributed by atoms with Gasteiger partial charge in [-0.1, -0.05) is 24.0 Å². The van der Waals surface area contributed by atoms with Crippen molar-refractivity contribution in [2.24, 2.45) is 0 Å². The molecule has 3 heterocycles. The fourth-order valence-electron chi connectivity index (χ4n) is 2.27. The molecule has 0 aromatic carbocycles. The Labute approximate surface area is 137 Å². The third-order valence-corrected chi connectivity index (χ3v) is 5.54. The molecule has 2 saturated heterocycles. The Morgan fingerprint density at radius 1 is 1.33 bits per heavy atom. The largest absolute Gasteiger partial charge is 0.379 e. The van der Waals surface area contributed by atoms with E-state index in [2.05, 4.69) is 4.90 Å². The second-order valence-electron chi connectivity index (χ2n) is 4.84. The van der Waals surface area contributed by atoms with Gasteiger partial charge in [0, 0.05) is 26.2 Å². The second kappa shape index (κ2) is 7.02. The Morgan fingerprint density at radius 3 is 2.86 bits per heavy atom. The lowest BCUT2D eigenvalue weighted by Gasteiger charge is -2.28. The molecule has 0 bridgehead atoms. The molecule has 0 radical (unpaired) electrons. The van der Waals surface area contributed by atoms with E-state index in [1.165, 1.54) is 11.8 Å². The lowest BCUT2D eigenvalue weighted by atomic mass is 10.3. The molecule has 0 aliphatic carbocycles. The highest BCUT2D eigenvalue weighted by Gasteiger charge is 2.32. The molecule has 2 aliphatic rings. The van der Waals surface area contributed by atoms with E-state index in [1.54, 1.807) is 16.2 Å². The van der Waals surface area contributed by atoms with Gasteiger partial charge in [0.25, 0.3) is 5.91 Å². The van der Waals surface area contributed by atoms with Crippen molar-refractivity contribution < 1.29 is 9.53 Å². The SMILES string of the molecule is O=C1/C(=C\c2ccsc2)SC(=S)N1CCN1CCOCC1. The second-order valence-corrected chi connectivity index (χ2v) is 7.30. The lowest BCUT2D eigenvalue weighted by Crippen LogP contribution is -2.42. The summed E-state index contributed by atoms with van der Waals surface area (Å²) in [5, 5.41) is 4.03. The molecule has 0 N–H and O–H groups in total. The van der Waals surface area contributed by atoms with Gasteiger partial charge < -0.3 is 4.74 Å². The lowest BCUT2D eigenvalue weighted by molar-refractivity contribution is -0.122. The highest BCUT2D eigenvalue weighted by Crippen LogP contribution is 2.32. The van der Waals surface area contributed by atoms with Crippen LogP contribution in [0, 0.1) is 0 Å². The Hall–Kier alpha value is -0.730. The molecule has 2 aliphatic heterocycles. The third-order valence-electron chi connectivity index (χ3n) is 3.46. The summed E-state index contributed by atoms with van der Waals surface area (Å²) in [4.78, 5) is 17.2. The minimum Gasteiger partial charge on any atom is -0.379 e. The highest BCUT2D eigenvalue weighted by atomic mass is 32.2. The fraction of sp³-hybridized carbons (Fsp3) is 0.429. The summed E-state index contributed by atoms with van der Waals surface area (Å²) in [7, 11) is 0. The van der Waals surface area contributed by atoms with Gasteiger partial charge >= 0.3 is 0 Å². The maximum atomic E-state index is 12.4. The first kappa shape index (κ1) is 15.2. The highest BCUT2D eigenvalue weighted by molar-refractivity contribution is 8.26. The zero-order chi connectivity index (χ0) is 14.7. The van der Waals surface area contributed by atoms with Crippen molar-refractivity contribution in [1.82, 2.24) is 9.80 Å². The van der Waals surface area contributed by atoms with E-state index in [-0.39, 0.29) is 5.91 Å². The fourth-order valence-corrected chi connectivity index (χ4v) is 4.19. The summed E-state index contributed by atoms with van der Waals surface area (Å²) in [5.74, 6) is 0.0319. The van der Waals surface area contributed by atoms with Crippen molar-refractivity contribution in [1.29, 1.82) is 0 Å². The van der Waals surface area contributed by atoms with Crippen molar-refractivity contribution in [2.75, 3.05) is 39.4 Å². The van der Waals surface area contributed by atoms with Crippen LogP contribution in [0.5, 0.6) is 0 Å². The number of carbonyl (C=O) groups is 1. The smallest absolute Gasteiger partial charge is 0.266 e. The first-order valence-corrected chi connectivity index (χ1v) is 8.98. The Kier molecular flexibility index (Phi) is 5.07. The number of hydrogen-bond donors (Lipinski definition) is 0. The van der Waals surface area contributed by atoms with Crippen molar-refractivity contribution in [2.45, 2.75) is 0 Å². The molecule has 0 unspecified atom stereocenters. The van der Waals surface area contributed by atoms with E-state index in [1.807, 2.05) is 22.9 Å². The summed E-state index contributed by atoms with van der Waals surface area (Å²) in [6.45, 7) is 4.92. The zero-order valence-electron chi connectivity index (χ0n) is 11.5. The molecule has 112 valence electrons. The van der Waals surface area contributed by atoms with Crippen molar-refractivity contribution in [3.05, 3.63) is 27.3 Å². The van der Waals surface area contributed by atoms with Gasteiger partial charge in [0.15, 0.2) is 0 Å². The van der Waals surface area contributed by atoms with Crippen LogP contribution in [0.2, 0.25) is 0 Å². The van der Waals surface area contributed by atoms with Gasteiger partial charge in [-0.25, -0.2) is 0 Å². The van der Waals surface area contributed by atoms with Crippen LogP contribution in [0.3, 0.4) is 0 Å². The van der Waals surface area contributed by atoms with E-state index in [0.717, 1.165) is 43.3 Å². The van der Waals surface area contributed by atoms with E-state index in [4.69, 9.17) is 17.0 Å². The molecule has 7 heteroatoms. The molecule has 0 spiro atoms. The quantitative estimate of drug-likeness (QED) is 0.620. The number of hydrogen-bond acceptors (Lipinski definition) is 6. The summed E-state index contributed by atoms with van der Waals surface area (Å²) in [6.07, 6.45) is 1.92. The molecular formula is C14H16N2O2S3. The molecule has 1 amide bonds. The molecule has 0 saturated carbocycles. The minimum atomic E-state index is 0.0319. The van der Waals surface area contributed by atoms with Crippen LogP contribution >= 0.6 is 35.3 Å². The number of thiophene rings is 1. The predicted octanol–water partition coefficient (Wildman–Crippen LogP) is 2.28. The molecule has 1 aromatic rings. The Morgan fingerprint density at radius 2 is 2.14 bits per heavy atom. The van der Waals surface area contributed by atoms with Gasteiger partial charge in [-0.2, -0.15) is 11.3 Å². The van der Waals surface area contributed by atoms with Gasteiger partial charge in [0.1, 0.15) is 4.32 Å². The number of carbonyl (C=O) groups excluding carboxylic acids is 1. The molecule has 21 heavy (non-hydrogen) atoms. The number of nitrogens with zero attached hydrogens (tertiary/aromatic N) is 2. The molecule has 1 aromatic heterocycles. The van der Waals surface area contributed by atoms with Crippen LogP contribution in [-0.4, -0.2) is 59.4 Å². The van der Waals surface area contributed by atoms with E-state index >= 15 is 0 Å². The summed E-state index contributed by atoms with van der Waals surface area (Å²) < 4.78 is 5.99. The Balaban J connectivity index is 1.61. The molecular weight excluding hydrogens is 324 g/mol. The summed E-state index contributed by atoms with van der Waals surface area (Å²) in [6, 6.07) is 2.00. The first-order valence-electron chi connectivity index (χ1n) is 6.82. The average molecular weight is 340 g/mol. The van der Waals surface area contributed by atoms with Crippen LogP contribution in [0.15, 0.2) is 21.7 Å². The summed E-state index contributed by atoms with van der Waals surface area (Å²) >= 11 is 8.37. The Bertz CT molecular complexity index is 551. The van der Waals surface area contributed by atoms with E-state index in [0.29, 0.717) is 10.9 Å². The van der Waals surface area contributed by atoms with Crippen molar-refractivity contribution >= 4 is 51.6 Å². The normalized spacial score (nSPS) is 22.5. The number of thiocarbonyl (C=S) groups is 1. The number of morpholine rings is 1. The van der Waals surface area contributed by atoms with Crippen molar-refractivity contribution in [3.8, 4) is 0 Å². The van der Waals surface area contributed by atoms with E-state index < -0.39 is 0 Å². The zero-order valence-corrected chi connectivity index (χ0v) is 13.9. The number of ether oxygens (including phenoxy) is 1. The van der Waals surface area contributed by atoms with Gasteiger partial charge in [-0.15, -0.1) is 0 Å². The topological polar surface area (TPSA) is 32.8 Å². The van der Waals surface area contributed by atoms with Crippen LogP contribution < -0.4 is 0 Å². The molecule has 3 rings (SSSR count). The molecule has 4 nitrogen and oxygen atoms in total. The van der Waals surface area contributed by atoms with Crippen LogP contribution in [0.1, 0.15) is 5.56 Å². The molecule has 2 fully saturated rings. The molecule has 0 atom stereocenters. The number of amides is 1. The maximum absolute atomic E-state index is 12.4. The van der Waals surface area contributed by atoms with Crippen LogP contribution in [-0.2, 0) is 9.53 Å². The van der Waals surface area contributed by atoms with Crippen molar-refractivity contribution in [3.63, 3.8) is 0 Å². The van der Waals surface area contributed by atoms with Gasteiger partial charge in [0.2, 0.25) is 0 Å². The standard InChI is InChI=1S/C14H16N2O2S3/c17-13-12(9-11-1-8-20-10-11)21-14(19)16(13)3-2-15-4-6-18-7-5-15/h1,8-10H,2-7H2/b12-9+. The van der Waals surface area contributed by atoms with Crippen LogP contribution in [0.25, 0.3) is 6.08 Å². The third kappa shape index (κ3) is 3.73. The number of rotatable bonds is 4. The average Bonchev–Trinajstić information content (AvgIpc) is 3.09. The first-order chi connectivity index (χ1) is 10.2. The minimum absolute atomic E-state index is 0.0319. The number of thioether (sulfide) groups is 1. The van der Waals surface area contributed by atoms with E-state index in [9.17, 15) is 4.79 Å². The van der Waals surface area contributed by atoms with Gasteiger partial charge in [0.05, 0.1) is 18.1 Å².